The molecule has 0 aliphatic rings. The predicted octanol–water partition coefficient (Wildman–Crippen LogP) is 2.97. The summed E-state index contributed by atoms with van der Waals surface area (Å²) in [7, 11) is 0. The van der Waals surface area contributed by atoms with Crippen molar-refractivity contribution >= 4 is 22.1 Å². The molecule has 1 aromatic heterocycles. The van der Waals surface area contributed by atoms with Crippen LogP contribution in [-0.2, 0) is 0 Å². The average Bonchev–Trinajstić information content (AvgIpc) is 2.38. The second kappa shape index (κ2) is 4.58. The van der Waals surface area contributed by atoms with E-state index in [4.69, 9.17) is 6.42 Å². The lowest BCUT2D eigenvalue weighted by Gasteiger charge is -2.22. The van der Waals surface area contributed by atoms with Gasteiger partial charge < -0.3 is 5.32 Å². The minimum absolute atomic E-state index is 0.0569. The zero-order chi connectivity index (χ0) is 14.0. The molecule has 2 rings (SSSR count). The molecule has 0 aliphatic heterocycles. The number of nitro benzene ring substituents is 1. The normalized spacial score (nSPS) is 11.0. The number of pyridine rings is 1. The number of terminal acetylenes is 1. The molecule has 0 radical (unpaired) electrons. The fourth-order valence-electron chi connectivity index (χ4n) is 1.82. The summed E-state index contributed by atoms with van der Waals surface area (Å²) in [6, 6.07) is 4.75. The molecule has 1 N–H and O–H groups in total. The van der Waals surface area contributed by atoms with Crippen LogP contribution in [0.25, 0.3) is 10.8 Å². The molecule has 5 heteroatoms. The van der Waals surface area contributed by atoms with Crippen LogP contribution in [0.2, 0.25) is 0 Å². The van der Waals surface area contributed by atoms with Gasteiger partial charge in [-0.05, 0) is 26.0 Å². The van der Waals surface area contributed by atoms with E-state index in [-0.39, 0.29) is 5.69 Å². The van der Waals surface area contributed by atoms with Crippen LogP contribution in [0.15, 0.2) is 30.6 Å². The predicted molar refractivity (Wildman–Crippen MR) is 74.9 cm³/mol. The number of hydrogen-bond acceptors (Lipinski definition) is 4. The zero-order valence-corrected chi connectivity index (χ0v) is 10.7. The quantitative estimate of drug-likeness (QED) is 0.520. The molecule has 2 aromatic rings. The highest BCUT2D eigenvalue weighted by Crippen LogP contribution is 2.31. The Morgan fingerprint density at radius 3 is 2.74 bits per heavy atom. The first kappa shape index (κ1) is 12.8. The Labute approximate surface area is 110 Å². The van der Waals surface area contributed by atoms with Crippen LogP contribution in [0.5, 0.6) is 0 Å². The van der Waals surface area contributed by atoms with Gasteiger partial charge in [0.2, 0.25) is 0 Å². The Morgan fingerprint density at radius 1 is 1.37 bits per heavy atom. The number of fused-ring (bicyclic) bond motifs is 1. The van der Waals surface area contributed by atoms with Gasteiger partial charge in [-0.3, -0.25) is 15.1 Å². The van der Waals surface area contributed by atoms with Crippen molar-refractivity contribution in [3.8, 4) is 12.3 Å². The number of nitrogens with zero attached hydrogens (tertiary/aromatic N) is 2. The highest BCUT2D eigenvalue weighted by Gasteiger charge is 2.18. The van der Waals surface area contributed by atoms with Crippen LogP contribution in [-0.4, -0.2) is 15.4 Å². The molecule has 0 amide bonds. The van der Waals surface area contributed by atoms with E-state index in [1.54, 1.807) is 18.3 Å². The van der Waals surface area contributed by atoms with Crippen molar-refractivity contribution in [2.24, 2.45) is 0 Å². The fourth-order valence-corrected chi connectivity index (χ4v) is 1.82. The zero-order valence-electron chi connectivity index (χ0n) is 10.7. The van der Waals surface area contributed by atoms with E-state index in [1.807, 2.05) is 13.8 Å². The second-order valence-electron chi connectivity index (χ2n) is 4.70. The molecule has 0 saturated carbocycles. The van der Waals surface area contributed by atoms with Crippen LogP contribution >= 0.6 is 0 Å². The van der Waals surface area contributed by atoms with Crippen LogP contribution in [0.4, 0.5) is 11.4 Å². The van der Waals surface area contributed by atoms with Gasteiger partial charge in [0.25, 0.3) is 5.69 Å². The summed E-state index contributed by atoms with van der Waals surface area (Å²) < 4.78 is 0. The first-order valence-electron chi connectivity index (χ1n) is 5.72. The number of benzene rings is 1. The van der Waals surface area contributed by atoms with E-state index < -0.39 is 10.5 Å². The molecule has 96 valence electrons. The van der Waals surface area contributed by atoms with Gasteiger partial charge in [0.15, 0.2) is 0 Å². The van der Waals surface area contributed by atoms with Crippen LogP contribution in [0.1, 0.15) is 13.8 Å². The number of rotatable bonds is 3. The molecule has 0 saturated heterocycles. The van der Waals surface area contributed by atoms with Gasteiger partial charge >= 0.3 is 0 Å². The first-order chi connectivity index (χ1) is 8.94. The van der Waals surface area contributed by atoms with Crippen molar-refractivity contribution < 1.29 is 4.92 Å². The molecule has 1 aromatic carbocycles. The van der Waals surface area contributed by atoms with Gasteiger partial charge in [-0.25, -0.2) is 0 Å². The van der Waals surface area contributed by atoms with Gasteiger partial charge in [-0.1, -0.05) is 5.92 Å². The fraction of sp³-hybridized carbons (Fsp3) is 0.214. The van der Waals surface area contributed by atoms with Gasteiger partial charge in [0.1, 0.15) is 0 Å². The van der Waals surface area contributed by atoms with Gasteiger partial charge in [-0.2, -0.15) is 0 Å². The molecular formula is C14H13N3O2. The smallest absolute Gasteiger partial charge is 0.277 e. The molecule has 19 heavy (non-hydrogen) atoms. The summed E-state index contributed by atoms with van der Waals surface area (Å²) in [5.74, 6) is 2.63. The van der Waals surface area contributed by atoms with Gasteiger partial charge in [-0.15, -0.1) is 6.42 Å². The molecule has 0 spiro atoms. The van der Waals surface area contributed by atoms with Crippen LogP contribution in [0, 0.1) is 22.5 Å². The largest absolute Gasteiger partial charge is 0.369 e. The summed E-state index contributed by atoms with van der Waals surface area (Å²) in [6.07, 6.45) is 8.57. The molecular weight excluding hydrogens is 242 g/mol. The van der Waals surface area contributed by atoms with Crippen LogP contribution in [0.3, 0.4) is 0 Å². The molecule has 0 bridgehead atoms. The monoisotopic (exact) mass is 255 g/mol. The maximum atomic E-state index is 11.0. The Bertz CT molecular complexity index is 687. The summed E-state index contributed by atoms with van der Waals surface area (Å²) in [5.41, 5.74) is 0.247. The van der Waals surface area contributed by atoms with E-state index in [0.29, 0.717) is 10.8 Å². The SMILES string of the molecule is C#CC(C)(C)Nc1ccc([N+](=O)[O-])c2ccncc12. The lowest BCUT2D eigenvalue weighted by molar-refractivity contribution is -0.383. The number of aromatic nitrogens is 1. The molecule has 0 fully saturated rings. The van der Waals surface area contributed by atoms with E-state index >= 15 is 0 Å². The van der Waals surface area contributed by atoms with E-state index in [9.17, 15) is 10.1 Å². The Balaban J connectivity index is 2.63. The maximum Gasteiger partial charge on any atom is 0.277 e. The number of anilines is 1. The minimum Gasteiger partial charge on any atom is -0.369 e. The lowest BCUT2D eigenvalue weighted by atomic mass is 10.0. The van der Waals surface area contributed by atoms with Crippen molar-refractivity contribution in [3.63, 3.8) is 0 Å². The Hall–Kier alpha value is -2.61. The average molecular weight is 255 g/mol. The van der Waals surface area contributed by atoms with Crippen molar-refractivity contribution in [2.75, 3.05) is 5.32 Å². The minimum atomic E-state index is -0.543. The summed E-state index contributed by atoms with van der Waals surface area (Å²) in [4.78, 5) is 14.6. The third-order valence-corrected chi connectivity index (χ3v) is 2.80. The van der Waals surface area contributed by atoms with Crippen molar-refractivity contribution in [2.45, 2.75) is 19.4 Å². The van der Waals surface area contributed by atoms with E-state index in [2.05, 4.69) is 16.2 Å². The van der Waals surface area contributed by atoms with Gasteiger partial charge in [0.05, 0.1) is 15.8 Å². The topological polar surface area (TPSA) is 68.1 Å². The standard InChI is InChI=1S/C14H13N3O2/c1-4-14(2,3)16-12-5-6-13(17(18)19)10-7-8-15-9-11(10)12/h1,5-9,16H,2-3H3. The number of non-ortho nitro benzene ring substituents is 1. The van der Waals surface area contributed by atoms with Gasteiger partial charge in [0, 0.05) is 29.5 Å². The number of nitrogens with one attached hydrogen (secondary N) is 1. The summed E-state index contributed by atoms with van der Waals surface area (Å²) in [5, 5.41) is 15.4. The Kier molecular flexibility index (Phi) is 3.09. The lowest BCUT2D eigenvalue weighted by Crippen LogP contribution is -2.28. The molecule has 1 heterocycles. The van der Waals surface area contributed by atoms with Crippen molar-refractivity contribution in [1.29, 1.82) is 0 Å². The molecule has 0 aliphatic carbocycles. The molecule has 0 atom stereocenters. The molecule has 0 unspecified atom stereocenters. The summed E-state index contributed by atoms with van der Waals surface area (Å²) in [6.45, 7) is 3.72. The number of hydrogen-bond donors (Lipinski definition) is 1. The van der Waals surface area contributed by atoms with E-state index in [1.165, 1.54) is 12.3 Å². The summed E-state index contributed by atoms with van der Waals surface area (Å²) >= 11 is 0. The van der Waals surface area contributed by atoms with Crippen LogP contribution < -0.4 is 5.32 Å². The van der Waals surface area contributed by atoms with Crippen molar-refractivity contribution in [1.82, 2.24) is 4.98 Å². The second-order valence-corrected chi connectivity index (χ2v) is 4.70. The van der Waals surface area contributed by atoms with E-state index in [0.717, 1.165) is 5.69 Å². The third kappa shape index (κ3) is 2.47. The molecule has 5 nitrogen and oxygen atoms in total. The Morgan fingerprint density at radius 2 is 2.11 bits per heavy atom. The number of nitro groups is 1. The van der Waals surface area contributed by atoms with Crippen molar-refractivity contribution in [3.05, 3.63) is 40.7 Å². The first-order valence-corrected chi connectivity index (χ1v) is 5.72. The third-order valence-electron chi connectivity index (χ3n) is 2.80. The maximum absolute atomic E-state index is 11.0. The highest BCUT2D eigenvalue weighted by atomic mass is 16.6. The highest BCUT2D eigenvalue weighted by molar-refractivity contribution is 5.99.